The van der Waals surface area contributed by atoms with Gasteiger partial charge in [0.25, 0.3) is 0 Å². The van der Waals surface area contributed by atoms with E-state index >= 15 is 0 Å². The van der Waals surface area contributed by atoms with Gasteiger partial charge in [-0.2, -0.15) is 0 Å². The van der Waals surface area contributed by atoms with E-state index < -0.39 is 20.6 Å². The molecule has 0 fully saturated rings. The highest BCUT2D eigenvalue weighted by Crippen LogP contribution is 2.40. The third-order valence-electron chi connectivity index (χ3n) is 4.99. The molecule has 1 heterocycles. The summed E-state index contributed by atoms with van der Waals surface area (Å²) in [5, 5.41) is 9.14. The standard InChI is InChI=1S/C22H23NO4S/c1-16-8-10-17(11-9-16)15-22(28(2,26)27,20-7-4-12-23-20)19-6-3-5-18(13-19)14-21(24)25/h3-13,23H,14-15H2,1-2H3,(H,24,25). The summed E-state index contributed by atoms with van der Waals surface area (Å²) in [4.78, 5) is 14.2. The molecule has 1 atom stereocenters. The van der Waals surface area contributed by atoms with Crippen molar-refractivity contribution >= 4 is 15.8 Å². The van der Waals surface area contributed by atoms with Crippen LogP contribution in [-0.4, -0.2) is 30.7 Å². The van der Waals surface area contributed by atoms with Gasteiger partial charge in [-0.15, -0.1) is 0 Å². The van der Waals surface area contributed by atoms with E-state index in [9.17, 15) is 13.2 Å². The van der Waals surface area contributed by atoms with Crippen LogP contribution in [0.15, 0.2) is 66.9 Å². The summed E-state index contributed by atoms with van der Waals surface area (Å²) < 4.78 is 25.1. The average Bonchev–Trinajstić information content (AvgIpc) is 3.14. The molecular weight excluding hydrogens is 374 g/mol. The number of nitrogens with one attached hydrogen (secondary N) is 1. The lowest BCUT2D eigenvalue weighted by Gasteiger charge is -2.32. The van der Waals surface area contributed by atoms with Gasteiger partial charge >= 0.3 is 5.97 Å². The fraction of sp³-hybridized carbons (Fsp3) is 0.227. The highest BCUT2D eigenvalue weighted by molar-refractivity contribution is 7.91. The molecule has 28 heavy (non-hydrogen) atoms. The van der Waals surface area contributed by atoms with Crippen molar-refractivity contribution in [1.82, 2.24) is 4.98 Å². The number of aliphatic carboxylic acids is 1. The van der Waals surface area contributed by atoms with Gasteiger partial charge in [0.05, 0.1) is 6.42 Å². The van der Waals surface area contributed by atoms with Crippen LogP contribution in [0.3, 0.4) is 0 Å². The van der Waals surface area contributed by atoms with Crippen molar-refractivity contribution in [1.29, 1.82) is 0 Å². The van der Waals surface area contributed by atoms with Gasteiger partial charge < -0.3 is 10.1 Å². The SMILES string of the molecule is Cc1ccc(CC(c2cccc(CC(=O)O)c2)(c2ccc[nH]2)S(C)(=O)=O)cc1. The van der Waals surface area contributed by atoms with Gasteiger partial charge in [-0.05, 0) is 35.7 Å². The number of carboxylic acid groups (broad SMARTS) is 1. The molecule has 1 aromatic heterocycles. The molecule has 0 spiro atoms. The Morgan fingerprint density at radius 2 is 1.75 bits per heavy atom. The Kier molecular flexibility index (Phi) is 5.42. The van der Waals surface area contributed by atoms with Crippen LogP contribution in [0.2, 0.25) is 0 Å². The molecule has 0 saturated carbocycles. The molecule has 0 saturated heterocycles. The van der Waals surface area contributed by atoms with E-state index in [0.29, 0.717) is 16.8 Å². The first kappa shape index (κ1) is 19.9. The first-order valence-electron chi connectivity index (χ1n) is 8.92. The van der Waals surface area contributed by atoms with Crippen molar-refractivity contribution in [2.75, 3.05) is 6.26 Å². The molecule has 0 amide bonds. The molecule has 3 rings (SSSR count). The van der Waals surface area contributed by atoms with Gasteiger partial charge in [-0.3, -0.25) is 4.79 Å². The van der Waals surface area contributed by atoms with Crippen molar-refractivity contribution < 1.29 is 18.3 Å². The number of rotatable bonds is 7. The maximum Gasteiger partial charge on any atom is 0.307 e. The van der Waals surface area contributed by atoms with E-state index in [-0.39, 0.29) is 12.8 Å². The predicted octanol–water partition coefficient (Wildman–Crippen LogP) is 3.48. The molecule has 0 aliphatic heterocycles. The second kappa shape index (κ2) is 7.64. The number of carboxylic acids is 1. The number of aromatic amines is 1. The van der Waals surface area contributed by atoms with Crippen LogP contribution in [0.4, 0.5) is 0 Å². The Hall–Kier alpha value is -2.86. The van der Waals surface area contributed by atoms with E-state index in [1.165, 1.54) is 6.26 Å². The van der Waals surface area contributed by atoms with Crippen LogP contribution in [0.25, 0.3) is 0 Å². The Labute approximate surface area is 165 Å². The number of hydrogen-bond acceptors (Lipinski definition) is 3. The third-order valence-corrected chi connectivity index (χ3v) is 6.85. The fourth-order valence-corrected chi connectivity index (χ4v) is 5.09. The molecule has 0 aliphatic carbocycles. The molecule has 0 bridgehead atoms. The Balaban J connectivity index is 2.24. The van der Waals surface area contributed by atoms with Gasteiger partial charge in [0, 0.05) is 24.6 Å². The fourth-order valence-electron chi connectivity index (χ4n) is 3.58. The van der Waals surface area contributed by atoms with Crippen molar-refractivity contribution in [3.8, 4) is 0 Å². The summed E-state index contributed by atoms with van der Waals surface area (Å²) in [5.74, 6) is -0.958. The summed E-state index contributed by atoms with van der Waals surface area (Å²) in [5.41, 5.74) is 3.65. The second-order valence-corrected chi connectivity index (χ2v) is 9.36. The van der Waals surface area contributed by atoms with Crippen LogP contribution in [0.1, 0.15) is 27.9 Å². The van der Waals surface area contributed by atoms with E-state index in [2.05, 4.69) is 4.98 Å². The van der Waals surface area contributed by atoms with Crippen molar-refractivity contribution in [2.45, 2.75) is 24.5 Å². The first-order chi connectivity index (χ1) is 13.2. The molecule has 3 aromatic rings. The number of benzene rings is 2. The van der Waals surface area contributed by atoms with Crippen LogP contribution >= 0.6 is 0 Å². The molecule has 1 unspecified atom stereocenters. The maximum absolute atomic E-state index is 13.2. The number of sulfone groups is 1. The lowest BCUT2D eigenvalue weighted by molar-refractivity contribution is -0.136. The Morgan fingerprint density at radius 1 is 1.04 bits per heavy atom. The van der Waals surface area contributed by atoms with Gasteiger partial charge in [0.15, 0.2) is 9.84 Å². The highest BCUT2D eigenvalue weighted by atomic mass is 32.2. The van der Waals surface area contributed by atoms with E-state index in [0.717, 1.165) is 11.1 Å². The largest absolute Gasteiger partial charge is 0.481 e. The van der Waals surface area contributed by atoms with Crippen molar-refractivity contribution in [3.05, 3.63) is 94.8 Å². The Bertz CT molecular complexity index is 1070. The molecule has 2 aromatic carbocycles. The zero-order valence-corrected chi connectivity index (χ0v) is 16.7. The van der Waals surface area contributed by atoms with Crippen LogP contribution in [0.5, 0.6) is 0 Å². The van der Waals surface area contributed by atoms with Gasteiger partial charge in [-0.25, -0.2) is 8.42 Å². The lowest BCUT2D eigenvalue weighted by Crippen LogP contribution is -2.39. The van der Waals surface area contributed by atoms with E-state index in [1.807, 2.05) is 31.2 Å². The number of aryl methyl sites for hydroxylation is 1. The van der Waals surface area contributed by atoms with Gasteiger partial charge in [0.2, 0.25) is 0 Å². The van der Waals surface area contributed by atoms with Crippen LogP contribution < -0.4 is 0 Å². The van der Waals surface area contributed by atoms with Crippen LogP contribution in [-0.2, 0) is 32.2 Å². The second-order valence-electron chi connectivity index (χ2n) is 7.12. The molecular formula is C22H23NO4S. The molecule has 5 nitrogen and oxygen atoms in total. The summed E-state index contributed by atoms with van der Waals surface area (Å²) in [6, 6.07) is 18.2. The van der Waals surface area contributed by atoms with Crippen LogP contribution in [0, 0.1) is 6.92 Å². The average molecular weight is 397 g/mol. The minimum absolute atomic E-state index is 0.164. The molecule has 6 heteroatoms. The summed E-state index contributed by atoms with van der Waals surface area (Å²) in [7, 11) is -3.63. The van der Waals surface area contributed by atoms with E-state index in [1.54, 1.807) is 42.6 Å². The third kappa shape index (κ3) is 3.87. The normalized spacial score (nSPS) is 13.8. The first-order valence-corrected chi connectivity index (χ1v) is 10.8. The summed E-state index contributed by atoms with van der Waals surface area (Å²) in [6.07, 6.45) is 3.00. The topological polar surface area (TPSA) is 87.2 Å². The quantitative estimate of drug-likeness (QED) is 0.639. The minimum Gasteiger partial charge on any atom is -0.481 e. The van der Waals surface area contributed by atoms with Crippen molar-refractivity contribution in [2.24, 2.45) is 0 Å². The molecule has 0 aliphatic rings. The number of H-pyrrole nitrogens is 1. The smallest absolute Gasteiger partial charge is 0.307 e. The van der Waals surface area contributed by atoms with Gasteiger partial charge in [0.1, 0.15) is 4.75 Å². The number of hydrogen-bond donors (Lipinski definition) is 2. The monoisotopic (exact) mass is 397 g/mol. The number of carbonyl (C=O) groups is 1. The van der Waals surface area contributed by atoms with E-state index in [4.69, 9.17) is 5.11 Å². The summed E-state index contributed by atoms with van der Waals surface area (Å²) >= 11 is 0. The van der Waals surface area contributed by atoms with Gasteiger partial charge in [-0.1, -0.05) is 54.1 Å². The highest BCUT2D eigenvalue weighted by Gasteiger charge is 2.45. The lowest BCUT2D eigenvalue weighted by atomic mass is 9.87. The molecule has 146 valence electrons. The molecule has 0 radical (unpaired) electrons. The predicted molar refractivity (Wildman–Crippen MR) is 109 cm³/mol. The zero-order chi connectivity index (χ0) is 20.4. The number of aromatic nitrogens is 1. The van der Waals surface area contributed by atoms with Crippen molar-refractivity contribution in [3.63, 3.8) is 0 Å². The molecule has 2 N–H and O–H groups in total. The summed E-state index contributed by atoms with van der Waals surface area (Å²) in [6.45, 7) is 1.98. The zero-order valence-electron chi connectivity index (χ0n) is 15.8. The Morgan fingerprint density at radius 3 is 2.32 bits per heavy atom. The maximum atomic E-state index is 13.2. The minimum atomic E-state index is -3.63.